The first kappa shape index (κ1) is 78.8. The normalized spacial score (nSPS) is 23.0. The average molecular weight is 1500 g/mol. The molecule has 13 rings (SSSR count). The number of carbonyl (C=O) groups excluding carboxylic acids is 7. The molecule has 4 amide bonds. The lowest BCUT2D eigenvalue weighted by Gasteiger charge is -2.32. The monoisotopic (exact) mass is 1500 g/mol. The molecule has 0 radical (unpaired) electrons. The van der Waals surface area contributed by atoms with Crippen molar-refractivity contribution in [3.8, 4) is 0 Å². The van der Waals surface area contributed by atoms with Crippen LogP contribution in [0.4, 0.5) is 0 Å². The fourth-order valence-corrected chi connectivity index (χ4v) is 16.9. The second kappa shape index (κ2) is 37.8. The zero-order chi connectivity index (χ0) is 71.6. The van der Waals surface area contributed by atoms with E-state index in [0.717, 1.165) is 180 Å². The standard InChI is InChI=1S/C21H27ClN2O2.C19H22ClN3O.C18H22ClNO2.C17H19BrClNO2.C2H6O.H4N2/c1-14-4-5-15(19(22)10-14)11-16-8-9-24(21(16)26)18-6-7-20(25)17(12-18)13-23(2)3;1-12-2-3-13(17(20)8-12)9-14-6-7-23(19(14)24)16-4-5-18-15(10-16)11-21-22-18;1-12-2-3-13(17(19)10-12)11-14-8-9-20(18(14)22)15-4-6-16(21)7-5-15;18-13-2-1-11(16(19)10-13)9-12-7-8-20(17(12)22)14-3-5-15(21)6-4-14;1-2-3;1-2/h4-5,10,13,16,18H,6-9,11-12H2,1-3H3;2-3,8,11,14,16H,4-7,9-10H2,1H3,(H,21,22);2-3,10,14-15H,4-9,11H2,1H3;1-2,10,12,14H,3-9H2;3H,2H2,1H3;1-2H2/b17-13-;;;;;. The van der Waals surface area contributed by atoms with Gasteiger partial charge in [0, 0.05) is 169 Å². The largest absolute Gasteiger partial charge is 0.397 e. The van der Waals surface area contributed by atoms with Crippen molar-refractivity contribution in [2.75, 3.05) is 46.9 Å². The number of aromatic nitrogens is 2. The summed E-state index contributed by atoms with van der Waals surface area (Å²) < 4.78 is 0.951. The van der Waals surface area contributed by atoms with Gasteiger partial charge in [0.15, 0.2) is 5.78 Å². The number of hydrazine groups is 1. The van der Waals surface area contributed by atoms with Crippen LogP contribution in [0, 0.1) is 44.4 Å². The molecule has 4 saturated heterocycles. The quantitative estimate of drug-likeness (QED) is 0.0489. The number of aryl methyl sites for hydroxylation is 4. The number of ketones is 3. The van der Waals surface area contributed by atoms with Gasteiger partial charge in [-0.2, -0.15) is 5.10 Å². The number of Topliss-reactive ketones (excluding diaryl/α,β-unsaturated/α-hetero) is 3. The van der Waals surface area contributed by atoms with E-state index in [0.29, 0.717) is 79.9 Å². The topological polar surface area (TPSA) is 237 Å². The van der Waals surface area contributed by atoms with E-state index in [9.17, 15) is 33.6 Å². The highest BCUT2D eigenvalue weighted by atomic mass is 79.9. The minimum absolute atomic E-state index is 0.00545. The lowest BCUT2D eigenvalue weighted by molar-refractivity contribution is -0.135. The molecule has 4 aromatic carbocycles. The summed E-state index contributed by atoms with van der Waals surface area (Å²) in [7, 11) is 3.85. The molecule has 5 aromatic rings. The van der Waals surface area contributed by atoms with E-state index >= 15 is 0 Å². The Kier molecular flexibility index (Phi) is 30.1. The third kappa shape index (κ3) is 21.6. The zero-order valence-electron chi connectivity index (χ0n) is 58.3. The lowest BCUT2D eigenvalue weighted by atomic mass is 9.89. The number of rotatable bonds is 13. The smallest absolute Gasteiger partial charge is 0.226 e. The zero-order valence-corrected chi connectivity index (χ0v) is 62.9. The van der Waals surface area contributed by atoms with E-state index in [1.807, 2.05) is 128 Å². The van der Waals surface area contributed by atoms with Crippen LogP contribution < -0.4 is 11.7 Å². The Labute approximate surface area is 613 Å². The Hall–Kier alpha value is -5.96. The Balaban J connectivity index is 0.000000165. The number of aliphatic hydroxyl groups excluding tert-OH is 1. The van der Waals surface area contributed by atoms with Crippen LogP contribution in [0.5, 0.6) is 0 Å². The summed E-state index contributed by atoms with van der Waals surface area (Å²) in [6.07, 6.45) is 21.0. The molecular weight excluding hydrogens is 1400 g/mol. The molecule has 3 saturated carbocycles. The van der Waals surface area contributed by atoms with Crippen molar-refractivity contribution in [2.24, 2.45) is 35.4 Å². The molecule has 4 aliphatic heterocycles. The van der Waals surface area contributed by atoms with Crippen molar-refractivity contribution >= 4 is 103 Å². The molecule has 6 unspecified atom stereocenters. The van der Waals surface area contributed by atoms with Gasteiger partial charge in [-0.05, 0) is 212 Å². The highest BCUT2D eigenvalue weighted by Gasteiger charge is 2.42. The Morgan fingerprint density at radius 3 is 1.20 bits per heavy atom. The summed E-state index contributed by atoms with van der Waals surface area (Å²) in [5.74, 6) is 10.00. The number of carbonyl (C=O) groups is 7. The summed E-state index contributed by atoms with van der Waals surface area (Å²) in [5, 5.41) is 17.8. The van der Waals surface area contributed by atoms with Gasteiger partial charge in [0.25, 0.3) is 0 Å². The minimum Gasteiger partial charge on any atom is -0.397 e. The fourth-order valence-electron chi connectivity index (χ4n) is 15.2. The number of fused-ring (bicyclic) bond motifs is 1. The van der Waals surface area contributed by atoms with Crippen LogP contribution in [0.3, 0.4) is 0 Å². The van der Waals surface area contributed by atoms with Crippen molar-refractivity contribution in [1.82, 2.24) is 34.7 Å². The molecule has 0 spiro atoms. The van der Waals surface area contributed by atoms with Crippen LogP contribution in [0.1, 0.15) is 160 Å². The summed E-state index contributed by atoms with van der Waals surface area (Å²) in [4.78, 5) is 96.1. The van der Waals surface area contributed by atoms with E-state index in [1.165, 1.54) is 11.3 Å². The Morgan fingerprint density at radius 1 is 0.505 bits per heavy atom. The molecule has 4 aliphatic carbocycles. The fraction of sp³-hybridized carbons (Fsp3) is 0.532. The molecule has 7 fully saturated rings. The van der Waals surface area contributed by atoms with Crippen LogP contribution in [-0.2, 0) is 72.1 Å². The van der Waals surface area contributed by atoms with Crippen LogP contribution in [0.15, 0.2) is 95.2 Å². The third-order valence-corrected chi connectivity index (χ3v) is 22.5. The SMILES string of the molecule is CCO.Cc1ccc(CC2CCN(C3CCC(=O)/C(=C\N(C)C)C3)C2=O)c(Cl)c1.Cc1ccc(CC2CCN(C3CCC(=O)CC3)C2=O)c(Cl)c1.Cc1ccc(CC2CCN(C3CCc4[nH]ncc4C3)C2=O)c(Cl)c1.NN.O=C1CCC(N2CCC(Cc3ccc(Br)cc3Cl)C2=O)CC1. The molecule has 22 heteroatoms. The molecular formula is C77H100BrCl4N9O8. The number of hydrogen-bond donors (Lipinski definition) is 4. The van der Waals surface area contributed by atoms with E-state index in [4.69, 9.17) is 51.5 Å². The predicted octanol–water partition coefficient (Wildman–Crippen LogP) is 13.3. The molecule has 6 atom stereocenters. The van der Waals surface area contributed by atoms with Crippen LogP contribution >= 0.6 is 62.3 Å². The first-order valence-corrected chi connectivity index (χ1v) is 37.6. The number of aliphatic hydroxyl groups is 1. The molecule has 8 aliphatic rings. The van der Waals surface area contributed by atoms with Gasteiger partial charge in [-0.3, -0.25) is 50.3 Å². The van der Waals surface area contributed by atoms with Gasteiger partial charge in [0.1, 0.15) is 11.6 Å². The first-order valence-electron chi connectivity index (χ1n) is 35.3. The van der Waals surface area contributed by atoms with Gasteiger partial charge < -0.3 is 29.6 Å². The number of nitrogens with two attached hydrogens (primary N) is 2. The van der Waals surface area contributed by atoms with Gasteiger partial charge in [0.2, 0.25) is 23.6 Å². The van der Waals surface area contributed by atoms with Gasteiger partial charge in [-0.15, -0.1) is 0 Å². The molecule has 5 heterocycles. The molecule has 536 valence electrons. The summed E-state index contributed by atoms with van der Waals surface area (Å²) in [6, 6.07) is 25.0. The first-order chi connectivity index (χ1) is 47.5. The molecule has 1 aromatic heterocycles. The van der Waals surface area contributed by atoms with Gasteiger partial charge >= 0.3 is 0 Å². The van der Waals surface area contributed by atoms with E-state index < -0.39 is 0 Å². The highest BCUT2D eigenvalue weighted by Crippen LogP contribution is 2.37. The molecule has 17 nitrogen and oxygen atoms in total. The number of hydrogen-bond acceptors (Lipinski definition) is 12. The Bertz CT molecular complexity index is 3550. The Morgan fingerprint density at radius 2 is 0.838 bits per heavy atom. The third-order valence-electron chi connectivity index (χ3n) is 20.6. The minimum atomic E-state index is -0.00545. The summed E-state index contributed by atoms with van der Waals surface area (Å²) in [6.45, 7) is 11.3. The van der Waals surface area contributed by atoms with Crippen molar-refractivity contribution in [3.63, 3.8) is 0 Å². The molecule has 6 N–H and O–H groups in total. The maximum atomic E-state index is 13.0. The number of benzene rings is 4. The summed E-state index contributed by atoms with van der Waals surface area (Å²) in [5.41, 5.74) is 11.0. The number of aromatic amines is 1. The average Bonchev–Trinajstić information content (AvgIpc) is 1.71. The van der Waals surface area contributed by atoms with Gasteiger partial charge in [-0.1, -0.05) is 105 Å². The number of halogens is 5. The van der Waals surface area contributed by atoms with E-state index in [1.54, 1.807) is 6.92 Å². The highest BCUT2D eigenvalue weighted by molar-refractivity contribution is 9.10. The predicted molar refractivity (Wildman–Crippen MR) is 396 cm³/mol. The maximum Gasteiger partial charge on any atom is 0.226 e. The second-order valence-corrected chi connectivity index (χ2v) is 30.5. The van der Waals surface area contributed by atoms with Crippen LogP contribution in [-0.4, -0.2) is 152 Å². The second-order valence-electron chi connectivity index (χ2n) is 28.0. The molecule has 99 heavy (non-hydrogen) atoms. The van der Waals surface area contributed by atoms with Crippen molar-refractivity contribution in [2.45, 2.75) is 193 Å². The number of likely N-dealkylation sites (tertiary alicyclic amines) is 4. The lowest BCUT2D eigenvalue weighted by Crippen LogP contribution is -2.41. The van der Waals surface area contributed by atoms with E-state index in [-0.39, 0.29) is 71.9 Å². The number of amides is 4. The summed E-state index contributed by atoms with van der Waals surface area (Å²) >= 11 is 28.7. The number of nitrogens with zero attached hydrogens (tertiary/aromatic N) is 6. The maximum absolute atomic E-state index is 13.0. The van der Waals surface area contributed by atoms with Crippen molar-refractivity contribution in [1.29, 1.82) is 0 Å². The van der Waals surface area contributed by atoms with Crippen molar-refractivity contribution < 1.29 is 38.7 Å². The molecule has 0 bridgehead atoms. The van der Waals surface area contributed by atoms with Crippen molar-refractivity contribution in [3.05, 3.63) is 166 Å². The number of nitrogens with one attached hydrogen (secondary N) is 1. The van der Waals surface area contributed by atoms with Gasteiger partial charge in [-0.25, -0.2) is 0 Å². The number of H-pyrrole nitrogens is 1. The van der Waals surface area contributed by atoms with Crippen LogP contribution in [0.2, 0.25) is 20.1 Å². The van der Waals surface area contributed by atoms with Crippen LogP contribution in [0.25, 0.3) is 0 Å². The van der Waals surface area contributed by atoms with Gasteiger partial charge in [0.05, 0.1) is 6.20 Å². The van der Waals surface area contributed by atoms with E-state index in [2.05, 4.69) is 54.8 Å².